The van der Waals surface area contributed by atoms with Crippen molar-refractivity contribution in [2.75, 3.05) is 0 Å². The van der Waals surface area contributed by atoms with Gasteiger partial charge in [-0.1, -0.05) is 49.7 Å². The number of fused-ring (bicyclic) bond motifs is 1. The minimum Gasteiger partial charge on any atom is -0.509 e. The van der Waals surface area contributed by atoms with Gasteiger partial charge in [0.1, 0.15) is 27.8 Å². The van der Waals surface area contributed by atoms with Crippen molar-refractivity contribution in [1.82, 2.24) is 4.90 Å². The molecule has 9 heteroatoms. The average Bonchev–Trinajstić information content (AvgIpc) is 3.08. The molecule has 0 aromatic heterocycles. The zero-order valence-corrected chi connectivity index (χ0v) is 18.4. The van der Waals surface area contributed by atoms with Crippen LogP contribution in [-0.4, -0.2) is 36.1 Å². The number of halogens is 2. The molecule has 2 aliphatic heterocycles. The lowest BCUT2D eigenvalue weighted by molar-refractivity contribution is -0.127. The first-order valence-corrected chi connectivity index (χ1v) is 11.5. The van der Waals surface area contributed by atoms with Gasteiger partial charge in [-0.15, -0.1) is 0 Å². The maximum absolute atomic E-state index is 13.4. The number of hydrogen-bond acceptors (Lipinski definition) is 4. The molecule has 6 nitrogen and oxygen atoms in total. The lowest BCUT2D eigenvalue weighted by Crippen LogP contribution is -2.36. The van der Waals surface area contributed by atoms with Crippen LogP contribution in [0.15, 0.2) is 63.1 Å². The van der Waals surface area contributed by atoms with Crippen LogP contribution in [-0.2, 0) is 21.4 Å². The Morgan fingerprint density at radius 2 is 1.87 bits per heavy atom. The smallest absolute Gasteiger partial charge is 0.285 e. The second-order valence-electron chi connectivity index (χ2n) is 8.00. The van der Waals surface area contributed by atoms with Crippen molar-refractivity contribution in [2.24, 2.45) is 10.3 Å². The number of rotatable bonds is 5. The Balaban J connectivity index is 1.79. The van der Waals surface area contributed by atoms with Gasteiger partial charge in [0.2, 0.25) is 0 Å². The molecule has 31 heavy (non-hydrogen) atoms. The van der Waals surface area contributed by atoms with Crippen molar-refractivity contribution >= 4 is 33.2 Å². The van der Waals surface area contributed by atoms with E-state index < -0.39 is 27.8 Å². The number of carbonyl (C=O) groups is 1. The van der Waals surface area contributed by atoms with Gasteiger partial charge in [-0.2, -0.15) is 12.8 Å². The van der Waals surface area contributed by atoms with Gasteiger partial charge < -0.3 is 10.0 Å². The van der Waals surface area contributed by atoms with Crippen LogP contribution in [0, 0.1) is 11.7 Å². The highest BCUT2D eigenvalue weighted by Gasteiger charge is 2.45. The van der Waals surface area contributed by atoms with Crippen LogP contribution >= 0.6 is 11.6 Å². The monoisotopic (exact) mass is 462 g/mol. The minimum absolute atomic E-state index is 0.00341. The van der Waals surface area contributed by atoms with E-state index in [0.717, 1.165) is 0 Å². The normalized spacial score (nSPS) is 19.9. The summed E-state index contributed by atoms with van der Waals surface area (Å²) in [5.41, 5.74) is 0.629. The Morgan fingerprint density at radius 1 is 1.19 bits per heavy atom. The van der Waals surface area contributed by atoms with Gasteiger partial charge in [-0.25, -0.2) is 4.39 Å². The van der Waals surface area contributed by atoms with Gasteiger partial charge in [0.05, 0.1) is 11.1 Å². The van der Waals surface area contributed by atoms with Gasteiger partial charge in [0.15, 0.2) is 0 Å². The van der Waals surface area contributed by atoms with Crippen molar-refractivity contribution < 1.29 is 22.7 Å². The predicted molar refractivity (Wildman–Crippen MR) is 115 cm³/mol. The number of aliphatic hydroxyl groups excluding tert-OH is 1. The van der Waals surface area contributed by atoms with E-state index in [1.165, 1.54) is 29.2 Å². The quantitative estimate of drug-likeness (QED) is 0.720. The zero-order valence-electron chi connectivity index (χ0n) is 16.8. The molecule has 0 radical (unpaired) electrons. The molecule has 0 unspecified atom stereocenters. The molecule has 162 valence electrons. The number of hydrogen-bond donors (Lipinski definition) is 1. The third-order valence-electron chi connectivity index (χ3n) is 5.31. The first-order chi connectivity index (χ1) is 14.6. The summed E-state index contributed by atoms with van der Waals surface area (Å²) in [5, 5.41) is 11.0. The number of amides is 1. The Bertz CT molecular complexity index is 1240. The number of nitrogens with zero attached hydrogens (tertiary/aromatic N) is 2. The molecule has 1 N–H and O–H groups in total. The largest absolute Gasteiger partial charge is 0.509 e. The lowest BCUT2D eigenvalue weighted by Gasteiger charge is -2.26. The molecule has 0 saturated heterocycles. The van der Waals surface area contributed by atoms with Crippen LogP contribution in [0.5, 0.6) is 0 Å². The zero-order chi connectivity index (χ0) is 22.5. The van der Waals surface area contributed by atoms with E-state index in [-0.39, 0.29) is 45.0 Å². The van der Waals surface area contributed by atoms with Crippen molar-refractivity contribution in [3.05, 3.63) is 75.8 Å². The number of benzene rings is 2. The lowest BCUT2D eigenvalue weighted by atomic mass is 9.98. The van der Waals surface area contributed by atoms with Crippen molar-refractivity contribution in [3.63, 3.8) is 0 Å². The molecule has 0 aliphatic carbocycles. The molecular weight excluding hydrogens is 443 g/mol. The van der Waals surface area contributed by atoms with Crippen LogP contribution in [0.1, 0.15) is 31.4 Å². The van der Waals surface area contributed by atoms with Gasteiger partial charge in [0, 0.05) is 12.1 Å². The standard InChI is InChI=1S/C22H20ClFN2O4S/c1-12(2)10-17-20(27)18(22(28)26(17)11-13-6-8-14(24)9-7-13)19-15-4-3-5-16(23)21(15)31(29,30)25-19/h3-9,12,17,27H,10-11H2,1-2H3/t17-/m0/s1. The minimum atomic E-state index is -4.09. The number of sulfonamides is 1. The Labute approximate surface area is 184 Å². The third kappa shape index (κ3) is 3.74. The molecule has 0 bridgehead atoms. The van der Waals surface area contributed by atoms with Crippen LogP contribution in [0.2, 0.25) is 5.02 Å². The molecule has 1 amide bonds. The summed E-state index contributed by atoms with van der Waals surface area (Å²) in [6.45, 7) is 4.05. The van der Waals surface area contributed by atoms with Gasteiger partial charge in [-0.05, 0) is 36.1 Å². The molecule has 1 atom stereocenters. The van der Waals surface area contributed by atoms with Crippen LogP contribution < -0.4 is 0 Å². The summed E-state index contributed by atoms with van der Waals surface area (Å²) < 4.78 is 42.2. The summed E-state index contributed by atoms with van der Waals surface area (Å²) in [5.74, 6) is -1.00. The van der Waals surface area contributed by atoms with Crippen LogP contribution in [0.25, 0.3) is 0 Å². The van der Waals surface area contributed by atoms with Crippen molar-refractivity contribution in [1.29, 1.82) is 0 Å². The van der Waals surface area contributed by atoms with E-state index in [4.69, 9.17) is 11.6 Å². The Morgan fingerprint density at radius 3 is 2.52 bits per heavy atom. The summed E-state index contributed by atoms with van der Waals surface area (Å²) in [4.78, 5) is 14.7. The van der Waals surface area contributed by atoms with Crippen LogP contribution in [0.3, 0.4) is 0 Å². The van der Waals surface area contributed by atoms with Crippen molar-refractivity contribution in [2.45, 2.75) is 37.8 Å². The highest BCUT2D eigenvalue weighted by molar-refractivity contribution is 7.91. The van der Waals surface area contributed by atoms with E-state index in [0.29, 0.717) is 12.0 Å². The summed E-state index contributed by atoms with van der Waals surface area (Å²) >= 11 is 6.09. The molecule has 2 heterocycles. The van der Waals surface area contributed by atoms with Gasteiger partial charge in [0.25, 0.3) is 15.9 Å². The summed E-state index contributed by atoms with van der Waals surface area (Å²) in [7, 11) is -4.09. The van der Waals surface area contributed by atoms with E-state index in [2.05, 4.69) is 4.40 Å². The molecule has 2 aromatic rings. The second kappa shape index (κ2) is 7.76. The average molecular weight is 463 g/mol. The first kappa shape index (κ1) is 21.5. The Hall–Kier alpha value is -2.71. The fraction of sp³-hybridized carbons (Fsp3) is 0.273. The van der Waals surface area contributed by atoms with Crippen molar-refractivity contribution in [3.8, 4) is 0 Å². The van der Waals surface area contributed by atoms with E-state index in [1.54, 1.807) is 18.2 Å². The molecule has 0 fully saturated rings. The number of carbonyl (C=O) groups excluding carboxylic acids is 1. The number of aliphatic hydroxyl groups is 1. The fourth-order valence-corrected chi connectivity index (χ4v) is 5.68. The SMILES string of the molecule is CC(C)C[C@H]1C(O)=C(C2=NS(=O)(=O)c3c(Cl)cccc32)C(=O)N1Cc1ccc(F)cc1. The molecule has 2 aliphatic rings. The highest BCUT2D eigenvalue weighted by Crippen LogP contribution is 2.39. The fourth-order valence-electron chi connectivity index (χ4n) is 3.94. The maximum Gasteiger partial charge on any atom is 0.285 e. The molecular formula is C22H20ClFN2O4S. The first-order valence-electron chi connectivity index (χ1n) is 9.73. The van der Waals surface area contributed by atoms with E-state index >= 15 is 0 Å². The topological polar surface area (TPSA) is 87.0 Å². The highest BCUT2D eigenvalue weighted by atomic mass is 35.5. The van der Waals surface area contributed by atoms with Gasteiger partial charge >= 0.3 is 0 Å². The van der Waals surface area contributed by atoms with E-state index in [9.17, 15) is 22.7 Å². The maximum atomic E-state index is 13.4. The summed E-state index contributed by atoms with van der Waals surface area (Å²) in [6.07, 6.45) is 0.463. The van der Waals surface area contributed by atoms with Gasteiger partial charge in [-0.3, -0.25) is 4.79 Å². The second-order valence-corrected chi connectivity index (χ2v) is 9.94. The molecule has 2 aromatic carbocycles. The summed E-state index contributed by atoms with van der Waals surface area (Å²) in [6, 6.07) is 9.59. The predicted octanol–water partition coefficient (Wildman–Crippen LogP) is 4.24. The Kier molecular flexibility index (Phi) is 5.39. The molecule has 4 rings (SSSR count). The molecule has 0 saturated carbocycles. The molecule has 0 spiro atoms. The third-order valence-corrected chi connectivity index (χ3v) is 7.12. The van der Waals surface area contributed by atoms with E-state index in [1.807, 2.05) is 13.8 Å². The van der Waals surface area contributed by atoms with Crippen LogP contribution in [0.4, 0.5) is 4.39 Å².